The molecule has 0 aromatic heterocycles. The minimum atomic E-state index is -0.478. The van der Waals surface area contributed by atoms with Crippen molar-refractivity contribution in [3.8, 4) is 0 Å². The predicted molar refractivity (Wildman–Crippen MR) is 162 cm³/mol. The Labute approximate surface area is 228 Å². The molecule has 0 unspecified atom stereocenters. The second-order valence-corrected chi connectivity index (χ2v) is 16.0. The van der Waals surface area contributed by atoms with Crippen molar-refractivity contribution in [3.63, 3.8) is 0 Å². The van der Waals surface area contributed by atoms with Gasteiger partial charge in [-0.2, -0.15) is 0 Å². The summed E-state index contributed by atoms with van der Waals surface area (Å²) in [7, 11) is 0. The van der Waals surface area contributed by atoms with Gasteiger partial charge in [0.1, 0.15) is 0 Å². The van der Waals surface area contributed by atoms with E-state index in [9.17, 15) is 5.11 Å². The summed E-state index contributed by atoms with van der Waals surface area (Å²) in [6, 6.07) is 0. The SMILES string of the molecule is CC(C)=CC(C)C.CC(C)CC(C)(C)O.CC(C)CC12CC3CC(CC(C3)C1)C2.CC(C)CC1CC1. The third-order valence-corrected chi connectivity index (χ3v) is 8.08. The van der Waals surface area contributed by atoms with Gasteiger partial charge >= 0.3 is 0 Å². The van der Waals surface area contributed by atoms with Crippen molar-refractivity contribution in [3.05, 3.63) is 11.6 Å². The standard InChI is InChI=1S/C14H24.C7H16O.2C7H14/c1-10(2)6-14-7-11-3-12(8-14)5-13(4-11)9-14;1-6(2)5-7(3,4)8;1-6(2)5-7-3-4-7;1-6(2)5-7(3)4/h10-13H,3-9H2,1-2H3;6,8H,5H2,1-4H3;6-7H,3-5H2,1-2H3;5-6H,1-4H3. The molecule has 5 aliphatic carbocycles. The van der Waals surface area contributed by atoms with Crippen LogP contribution in [0.2, 0.25) is 0 Å². The molecule has 4 bridgehead atoms. The summed E-state index contributed by atoms with van der Waals surface area (Å²) in [5.41, 5.74) is 1.76. The Morgan fingerprint density at radius 3 is 1.39 bits per heavy atom. The Kier molecular flexibility index (Phi) is 14.4. The second-order valence-electron chi connectivity index (χ2n) is 16.0. The lowest BCUT2D eigenvalue weighted by atomic mass is 9.48. The van der Waals surface area contributed by atoms with E-state index in [-0.39, 0.29) is 0 Å². The lowest BCUT2D eigenvalue weighted by Crippen LogP contribution is -2.46. The molecule has 1 N–H and O–H groups in total. The summed E-state index contributed by atoms with van der Waals surface area (Å²) in [5.74, 6) is 7.71. The molecule has 0 radical (unpaired) electrons. The molecule has 0 aliphatic heterocycles. The Hall–Kier alpha value is -0.300. The van der Waals surface area contributed by atoms with Crippen molar-refractivity contribution in [1.29, 1.82) is 0 Å². The van der Waals surface area contributed by atoms with E-state index < -0.39 is 5.60 Å². The molecule has 0 atom stereocenters. The number of rotatable bonds is 7. The maximum atomic E-state index is 9.19. The highest BCUT2D eigenvalue weighted by molar-refractivity contribution is 5.01. The van der Waals surface area contributed by atoms with E-state index in [1.165, 1.54) is 31.3 Å². The maximum absolute atomic E-state index is 9.19. The molecule has 36 heavy (non-hydrogen) atoms. The normalized spacial score (nSPS) is 28.3. The number of allylic oxidation sites excluding steroid dienone is 2. The molecule has 0 aromatic carbocycles. The molecule has 0 heterocycles. The summed E-state index contributed by atoms with van der Waals surface area (Å²) in [6.07, 6.45) is 18.7. The molecule has 1 nitrogen and oxygen atoms in total. The van der Waals surface area contributed by atoms with Gasteiger partial charge in [-0.1, -0.05) is 79.9 Å². The average molecular weight is 505 g/mol. The Bertz CT molecular complexity index is 566. The van der Waals surface area contributed by atoms with Crippen molar-refractivity contribution >= 4 is 0 Å². The lowest BCUT2D eigenvalue weighted by Gasteiger charge is -2.57. The highest BCUT2D eigenvalue weighted by Crippen LogP contribution is 2.61. The van der Waals surface area contributed by atoms with Crippen LogP contribution in [0.5, 0.6) is 0 Å². The molecule has 5 saturated carbocycles. The zero-order valence-electron chi connectivity index (χ0n) is 26.9. The topological polar surface area (TPSA) is 20.2 Å². The zero-order chi connectivity index (χ0) is 27.7. The van der Waals surface area contributed by atoms with Crippen LogP contribution in [0.3, 0.4) is 0 Å². The van der Waals surface area contributed by atoms with E-state index in [1.54, 1.807) is 38.5 Å². The Balaban J connectivity index is 0.000000257. The van der Waals surface area contributed by atoms with Crippen molar-refractivity contribution in [2.75, 3.05) is 0 Å². The van der Waals surface area contributed by atoms with Gasteiger partial charge in [0.25, 0.3) is 0 Å². The molecule has 0 aromatic rings. The summed E-state index contributed by atoms with van der Waals surface area (Å²) in [6.45, 7) is 26.0. The molecule has 0 spiro atoms. The van der Waals surface area contributed by atoms with Crippen molar-refractivity contribution in [2.24, 2.45) is 52.8 Å². The minimum absolute atomic E-state index is 0.478. The summed E-state index contributed by atoms with van der Waals surface area (Å²) in [4.78, 5) is 0. The van der Waals surface area contributed by atoms with Gasteiger partial charge in [0.05, 0.1) is 5.60 Å². The Morgan fingerprint density at radius 2 is 1.22 bits per heavy atom. The van der Waals surface area contributed by atoms with Crippen LogP contribution in [0, 0.1) is 52.8 Å². The first-order valence-corrected chi connectivity index (χ1v) is 15.9. The fourth-order valence-corrected chi connectivity index (χ4v) is 8.09. The quantitative estimate of drug-likeness (QED) is 0.342. The van der Waals surface area contributed by atoms with E-state index in [1.807, 2.05) is 13.8 Å². The second kappa shape index (κ2) is 15.3. The minimum Gasteiger partial charge on any atom is -0.390 e. The van der Waals surface area contributed by atoms with Crippen molar-refractivity contribution < 1.29 is 5.11 Å². The first-order chi connectivity index (χ1) is 16.5. The van der Waals surface area contributed by atoms with Gasteiger partial charge in [0.15, 0.2) is 0 Å². The van der Waals surface area contributed by atoms with E-state index >= 15 is 0 Å². The van der Waals surface area contributed by atoms with Crippen LogP contribution in [-0.2, 0) is 0 Å². The molecule has 214 valence electrons. The monoisotopic (exact) mass is 505 g/mol. The summed E-state index contributed by atoms with van der Waals surface area (Å²) < 4.78 is 0. The molecule has 5 aliphatic rings. The highest BCUT2D eigenvalue weighted by Gasteiger charge is 2.50. The van der Waals surface area contributed by atoms with Crippen molar-refractivity contribution in [2.45, 2.75) is 159 Å². The van der Waals surface area contributed by atoms with Gasteiger partial charge < -0.3 is 5.11 Å². The average Bonchev–Trinajstić information content (AvgIpc) is 3.40. The smallest absolute Gasteiger partial charge is 0.0594 e. The molecule has 0 amide bonds. The number of aliphatic hydroxyl groups is 1. The maximum Gasteiger partial charge on any atom is 0.0594 e. The lowest BCUT2D eigenvalue weighted by molar-refractivity contribution is -0.0632. The van der Waals surface area contributed by atoms with Gasteiger partial charge in [-0.25, -0.2) is 0 Å². The summed E-state index contributed by atoms with van der Waals surface area (Å²) >= 11 is 0. The first-order valence-electron chi connectivity index (χ1n) is 15.9. The van der Waals surface area contributed by atoms with Crippen LogP contribution in [0.25, 0.3) is 0 Å². The van der Waals surface area contributed by atoms with Crippen LogP contribution in [0.15, 0.2) is 11.6 Å². The van der Waals surface area contributed by atoms with Gasteiger partial charge in [0.2, 0.25) is 0 Å². The molecule has 5 rings (SSSR count). The van der Waals surface area contributed by atoms with E-state index in [2.05, 4.69) is 75.3 Å². The van der Waals surface area contributed by atoms with E-state index in [0.29, 0.717) is 11.8 Å². The molecule has 1 heteroatoms. The van der Waals surface area contributed by atoms with Crippen LogP contribution in [0.1, 0.15) is 154 Å². The van der Waals surface area contributed by atoms with Gasteiger partial charge in [-0.05, 0) is 138 Å². The number of hydrogen-bond donors (Lipinski definition) is 1. The van der Waals surface area contributed by atoms with Gasteiger partial charge in [-0.3, -0.25) is 0 Å². The third kappa shape index (κ3) is 15.8. The number of hydrogen-bond acceptors (Lipinski definition) is 1. The molecule has 5 fully saturated rings. The first kappa shape index (κ1) is 33.7. The van der Waals surface area contributed by atoms with Gasteiger partial charge in [-0.15, -0.1) is 0 Å². The largest absolute Gasteiger partial charge is 0.390 e. The van der Waals surface area contributed by atoms with Crippen LogP contribution in [0.4, 0.5) is 0 Å². The zero-order valence-corrected chi connectivity index (χ0v) is 26.9. The highest BCUT2D eigenvalue weighted by atomic mass is 16.3. The third-order valence-electron chi connectivity index (χ3n) is 8.08. The molecule has 0 saturated heterocycles. The van der Waals surface area contributed by atoms with Crippen LogP contribution < -0.4 is 0 Å². The predicted octanol–water partition coefficient (Wildman–Crippen LogP) is 11.1. The van der Waals surface area contributed by atoms with E-state index in [0.717, 1.165) is 47.3 Å². The van der Waals surface area contributed by atoms with Crippen molar-refractivity contribution in [1.82, 2.24) is 0 Å². The fourth-order valence-electron chi connectivity index (χ4n) is 8.09. The Morgan fingerprint density at radius 1 is 0.778 bits per heavy atom. The van der Waals surface area contributed by atoms with Crippen LogP contribution >= 0.6 is 0 Å². The molecular weight excluding hydrogens is 436 g/mol. The molecular formula is C35H68O. The van der Waals surface area contributed by atoms with Gasteiger partial charge in [0, 0.05) is 0 Å². The fraction of sp³-hybridized carbons (Fsp3) is 0.943. The van der Waals surface area contributed by atoms with E-state index in [4.69, 9.17) is 0 Å². The van der Waals surface area contributed by atoms with Crippen LogP contribution in [-0.4, -0.2) is 10.7 Å². The summed E-state index contributed by atoms with van der Waals surface area (Å²) in [5, 5.41) is 9.19.